The molecule has 6 heteroatoms. The van der Waals surface area contributed by atoms with Gasteiger partial charge >= 0.3 is 6.09 Å². The number of nitrogens with one attached hydrogen (secondary N) is 2. The molecule has 1 heterocycles. The van der Waals surface area contributed by atoms with Crippen LogP contribution in [0, 0.1) is 5.92 Å². The van der Waals surface area contributed by atoms with Gasteiger partial charge in [0.25, 0.3) is 0 Å². The summed E-state index contributed by atoms with van der Waals surface area (Å²) in [6.07, 6.45) is 3.71. The first kappa shape index (κ1) is 19.2. The van der Waals surface area contributed by atoms with Crippen LogP contribution in [-0.2, 0) is 4.74 Å². The van der Waals surface area contributed by atoms with Crippen LogP contribution in [0.15, 0.2) is 16.8 Å². The maximum Gasteiger partial charge on any atom is 0.407 e. The Kier molecular flexibility index (Phi) is 7.07. The molecule has 1 aliphatic carbocycles. The Balaban J connectivity index is 1.78. The lowest BCUT2D eigenvalue weighted by Gasteiger charge is -2.33. The number of alkyl carbamates (subject to hydrolysis) is 1. The molecule has 1 amide bonds. The fourth-order valence-electron chi connectivity index (χ4n) is 3.09. The predicted octanol–water partition coefficient (Wildman–Crippen LogP) is 3.45. The van der Waals surface area contributed by atoms with E-state index in [-0.39, 0.29) is 6.09 Å². The van der Waals surface area contributed by atoms with Gasteiger partial charge in [-0.25, -0.2) is 4.79 Å². The number of hydrogen-bond acceptors (Lipinski definition) is 5. The van der Waals surface area contributed by atoms with Crippen molar-refractivity contribution in [2.75, 3.05) is 13.1 Å². The SMILES string of the molecule is CC(C)(C)OC(=O)NCC1CCCCC1NCC(O)c1ccsc1. The molecule has 1 aromatic rings. The molecule has 1 fully saturated rings. The zero-order chi connectivity index (χ0) is 17.6. The number of rotatable bonds is 6. The monoisotopic (exact) mass is 354 g/mol. The predicted molar refractivity (Wildman–Crippen MR) is 97.3 cm³/mol. The Morgan fingerprint density at radius 2 is 2.17 bits per heavy atom. The minimum Gasteiger partial charge on any atom is -0.444 e. The second-order valence-electron chi connectivity index (χ2n) is 7.51. The maximum atomic E-state index is 11.8. The number of aliphatic hydroxyl groups excluding tert-OH is 1. The Morgan fingerprint density at radius 1 is 1.42 bits per heavy atom. The fraction of sp³-hybridized carbons (Fsp3) is 0.722. The third-order valence-corrected chi connectivity index (χ3v) is 5.02. The Morgan fingerprint density at radius 3 is 2.83 bits per heavy atom. The molecule has 2 rings (SSSR count). The standard InChI is InChI=1S/C18H30N2O3S/c1-18(2,3)23-17(22)20-10-13-6-4-5-7-15(13)19-11-16(21)14-8-9-24-12-14/h8-9,12-13,15-16,19,21H,4-7,10-11H2,1-3H3,(H,20,22). The summed E-state index contributed by atoms with van der Waals surface area (Å²) in [6, 6.07) is 2.28. The first-order valence-electron chi connectivity index (χ1n) is 8.75. The number of ether oxygens (including phenoxy) is 1. The van der Waals surface area contributed by atoms with Crippen LogP contribution in [-0.4, -0.2) is 35.9 Å². The van der Waals surface area contributed by atoms with Crippen LogP contribution in [0.1, 0.15) is 58.1 Å². The smallest absolute Gasteiger partial charge is 0.407 e. The Labute approximate surface area is 148 Å². The van der Waals surface area contributed by atoms with Gasteiger partial charge in [-0.2, -0.15) is 11.3 Å². The lowest BCUT2D eigenvalue weighted by atomic mass is 9.84. The average molecular weight is 355 g/mol. The van der Waals surface area contributed by atoms with Crippen LogP contribution < -0.4 is 10.6 Å². The van der Waals surface area contributed by atoms with Crippen LogP contribution >= 0.6 is 11.3 Å². The summed E-state index contributed by atoms with van der Waals surface area (Å²) in [5, 5.41) is 20.6. The van der Waals surface area contributed by atoms with Crippen LogP contribution in [0.3, 0.4) is 0 Å². The lowest BCUT2D eigenvalue weighted by Crippen LogP contribution is -2.46. The molecule has 3 N–H and O–H groups in total. The van der Waals surface area contributed by atoms with E-state index in [1.807, 2.05) is 37.6 Å². The van der Waals surface area contributed by atoms with Gasteiger partial charge in [0.1, 0.15) is 5.60 Å². The molecular weight excluding hydrogens is 324 g/mol. The highest BCUT2D eigenvalue weighted by Gasteiger charge is 2.26. The topological polar surface area (TPSA) is 70.6 Å². The van der Waals surface area contributed by atoms with Gasteiger partial charge in [-0.1, -0.05) is 12.8 Å². The molecule has 0 aromatic carbocycles. The van der Waals surface area contributed by atoms with Gasteiger partial charge in [-0.05, 0) is 61.9 Å². The van der Waals surface area contributed by atoms with Crippen LogP contribution in [0.25, 0.3) is 0 Å². The largest absolute Gasteiger partial charge is 0.444 e. The molecule has 0 radical (unpaired) electrons. The Hall–Kier alpha value is -1.11. The highest BCUT2D eigenvalue weighted by molar-refractivity contribution is 7.07. The van der Waals surface area contributed by atoms with E-state index in [2.05, 4.69) is 10.6 Å². The van der Waals surface area contributed by atoms with E-state index in [9.17, 15) is 9.90 Å². The molecule has 0 bridgehead atoms. The molecule has 1 saturated carbocycles. The number of thiophene rings is 1. The van der Waals surface area contributed by atoms with Crippen LogP contribution in [0.4, 0.5) is 4.79 Å². The van der Waals surface area contributed by atoms with Gasteiger partial charge in [0, 0.05) is 19.1 Å². The van der Waals surface area contributed by atoms with Gasteiger partial charge in [-0.3, -0.25) is 0 Å². The zero-order valence-electron chi connectivity index (χ0n) is 14.9. The van der Waals surface area contributed by atoms with Crippen molar-refractivity contribution in [1.82, 2.24) is 10.6 Å². The third kappa shape index (κ3) is 6.42. The van der Waals surface area contributed by atoms with E-state index in [4.69, 9.17) is 4.74 Å². The van der Waals surface area contributed by atoms with Crippen molar-refractivity contribution in [3.05, 3.63) is 22.4 Å². The van der Waals surface area contributed by atoms with Crippen molar-refractivity contribution < 1.29 is 14.6 Å². The first-order chi connectivity index (χ1) is 11.3. The molecule has 0 aliphatic heterocycles. The normalized spacial score (nSPS) is 22.8. The zero-order valence-corrected chi connectivity index (χ0v) is 15.7. The van der Waals surface area contributed by atoms with Gasteiger partial charge in [0.05, 0.1) is 6.10 Å². The first-order valence-corrected chi connectivity index (χ1v) is 9.70. The van der Waals surface area contributed by atoms with Gasteiger partial charge in [-0.15, -0.1) is 0 Å². The van der Waals surface area contributed by atoms with Crippen molar-refractivity contribution in [3.63, 3.8) is 0 Å². The minimum atomic E-state index is -0.474. The highest BCUT2D eigenvalue weighted by atomic mass is 32.1. The van der Waals surface area contributed by atoms with Crippen LogP contribution in [0.5, 0.6) is 0 Å². The summed E-state index contributed by atoms with van der Waals surface area (Å²) >= 11 is 1.60. The summed E-state index contributed by atoms with van der Waals surface area (Å²) in [4.78, 5) is 11.8. The molecule has 24 heavy (non-hydrogen) atoms. The quantitative estimate of drug-likeness (QED) is 0.732. The summed E-state index contributed by atoms with van der Waals surface area (Å²) in [7, 11) is 0. The molecule has 0 saturated heterocycles. The average Bonchev–Trinajstić information content (AvgIpc) is 3.04. The van der Waals surface area contributed by atoms with E-state index in [0.717, 1.165) is 18.4 Å². The highest BCUT2D eigenvalue weighted by Crippen LogP contribution is 2.25. The van der Waals surface area contributed by atoms with Crippen molar-refractivity contribution in [2.45, 2.75) is 64.2 Å². The van der Waals surface area contributed by atoms with Crippen molar-refractivity contribution in [2.24, 2.45) is 5.92 Å². The summed E-state index contributed by atoms with van der Waals surface area (Å²) < 4.78 is 5.30. The lowest BCUT2D eigenvalue weighted by molar-refractivity contribution is 0.0509. The minimum absolute atomic E-state index is 0.321. The van der Waals surface area contributed by atoms with E-state index in [1.165, 1.54) is 12.8 Å². The summed E-state index contributed by atoms with van der Waals surface area (Å²) in [5.74, 6) is 0.376. The van der Waals surface area contributed by atoms with E-state index >= 15 is 0 Å². The fourth-order valence-corrected chi connectivity index (χ4v) is 3.80. The van der Waals surface area contributed by atoms with Crippen LogP contribution in [0.2, 0.25) is 0 Å². The van der Waals surface area contributed by atoms with Gasteiger partial charge < -0.3 is 20.5 Å². The van der Waals surface area contributed by atoms with E-state index in [0.29, 0.717) is 25.0 Å². The molecule has 3 unspecified atom stereocenters. The van der Waals surface area contributed by atoms with Crippen molar-refractivity contribution in [1.29, 1.82) is 0 Å². The molecular formula is C18H30N2O3S. The molecule has 1 aromatic heterocycles. The molecule has 0 spiro atoms. The van der Waals surface area contributed by atoms with E-state index < -0.39 is 11.7 Å². The number of carbonyl (C=O) groups excluding carboxylic acids is 1. The number of hydrogen-bond donors (Lipinski definition) is 3. The number of aliphatic hydroxyl groups is 1. The van der Waals surface area contributed by atoms with Crippen molar-refractivity contribution in [3.8, 4) is 0 Å². The summed E-state index contributed by atoms with van der Waals surface area (Å²) in [6.45, 7) is 6.75. The number of carbonyl (C=O) groups is 1. The van der Waals surface area contributed by atoms with E-state index in [1.54, 1.807) is 11.3 Å². The molecule has 5 nitrogen and oxygen atoms in total. The van der Waals surface area contributed by atoms with Crippen molar-refractivity contribution >= 4 is 17.4 Å². The van der Waals surface area contributed by atoms with Gasteiger partial charge in [0.2, 0.25) is 0 Å². The number of amides is 1. The maximum absolute atomic E-state index is 11.8. The molecule has 136 valence electrons. The molecule has 3 atom stereocenters. The third-order valence-electron chi connectivity index (χ3n) is 4.32. The van der Waals surface area contributed by atoms with Gasteiger partial charge in [0.15, 0.2) is 0 Å². The second kappa shape index (κ2) is 8.83. The second-order valence-corrected chi connectivity index (χ2v) is 8.29. The molecule has 1 aliphatic rings. The Bertz CT molecular complexity index is 499. The summed E-state index contributed by atoms with van der Waals surface area (Å²) in [5.41, 5.74) is 0.491.